The highest BCUT2D eigenvalue weighted by Gasteiger charge is 2.15. The quantitative estimate of drug-likeness (QED) is 0.788. The molecule has 0 aliphatic rings. The maximum Gasteiger partial charge on any atom is 0.242 e. The highest BCUT2D eigenvalue weighted by molar-refractivity contribution is 7.84. The topological polar surface area (TPSA) is 72.2 Å². The lowest BCUT2D eigenvalue weighted by molar-refractivity contribution is -0.122. The van der Waals surface area contributed by atoms with Crippen molar-refractivity contribution >= 4 is 28.0 Å². The molecule has 1 aromatic rings. The predicted octanol–water partition coefficient (Wildman–Crippen LogP) is 0.633. The van der Waals surface area contributed by atoms with E-state index in [1.165, 1.54) is 11.3 Å². The molecule has 0 aliphatic carbocycles. The second-order valence-corrected chi connectivity index (χ2v) is 6.06. The highest BCUT2D eigenvalue weighted by Crippen LogP contribution is 2.16. The van der Waals surface area contributed by atoms with Crippen molar-refractivity contribution in [3.05, 3.63) is 22.4 Å². The first kappa shape index (κ1) is 13.3. The number of amides is 1. The van der Waals surface area contributed by atoms with Gasteiger partial charge in [0.15, 0.2) is 0 Å². The second-order valence-electron chi connectivity index (χ2n) is 3.22. The molecule has 1 rings (SSSR count). The van der Waals surface area contributed by atoms with Crippen LogP contribution < -0.4 is 11.1 Å². The summed E-state index contributed by atoms with van der Waals surface area (Å²) in [7, 11) is -0.846. The van der Waals surface area contributed by atoms with E-state index in [-0.39, 0.29) is 5.91 Å². The van der Waals surface area contributed by atoms with Gasteiger partial charge in [-0.3, -0.25) is 9.00 Å². The summed E-state index contributed by atoms with van der Waals surface area (Å²) in [4.78, 5) is 12.4. The van der Waals surface area contributed by atoms with Gasteiger partial charge < -0.3 is 11.1 Å². The fourth-order valence-electron chi connectivity index (χ4n) is 1.14. The van der Waals surface area contributed by atoms with Crippen LogP contribution in [0.3, 0.4) is 0 Å². The van der Waals surface area contributed by atoms with Crippen molar-refractivity contribution in [3.63, 3.8) is 0 Å². The summed E-state index contributed by atoms with van der Waals surface area (Å²) in [6, 6.07) is 3.08. The normalized spacial score (nSPS) is 14.4. The molecule has 0 aromatic carbocycles. The van der Waals surface area contributed by atoms with Gasteiger partial charge in [-0.1, -0.05) is 13.0 Å². The Labute approximate surface area is 102 Å². The molecule has 6 heteroatoms. The Morgan fingerprint density at radius 1 is 1.69 bits per heavy atom. The molecule has 1 amide bonds. The second kappa shape index (κ2) is 6.78. The molecule has 0 aliphatic heterocycles. The Morgan fingerprint density at radius 3 is 3.00 bits per heavy atom. The average molecular weight is 260 g/mol. The van der Waals surface area contributed by atoms with Gasteiger partial charge in [-0.05, 0) is 11.4 Å². The molecular weight excluding hydrogens is 244 g/mol. The number of hydrogen-bond donors (Lipinski definition) is 2. The zero-order chi connectivity index (χ0) is 12.0. The third kappa shape index (κ3) is 4.03. The number of hydrogen-bond acceptors (Lipinski definition) is 4. The fourth-order valence-corrected chi connectivity index (χ4v) is 2.48. The van der Waals surface area contributed by atoms with Crippen molar-refractivity contribution in [2.24, 2.45) is 5.73 Å². The molecule has 2 atom stereocenters. The Hall–Kier alpha value is -0.720. The van der Waals surface area contributed by atoms with Crippen LogP contribution >= 0.6 is 11.3 Å². The number of thiophene rings is 1. The third-order valence-corrected chi connectivity index (χ3v) is 4.34. The van der Waals surface area contributed by atoms with Crippen molar-refractivity contribution in [1.29, 1.82) is 0 Å². The molecule has 0 saturated heterocycles. The van der Waals surface area contributed by atoms with Gasteiger partial charge in [-0.25, -0.2) is 0 Å². The molecule has 0 bridgehead atoms. The first-order valence-corrected chi connectivity index (χ1v) is 7.43. The summed E-state index contributed by atoms with van der Waals surface area (Å²) < 4.78 is 11.1. The molecule has 0 radical (unpaired) electrons. The van der Waals surface area contributed by atoms with Crippen molar-refractivity contribution in [2.45, 2.75) is 13.0 Å². The largest absolute Gasteiger partial charge is 0.354 e. The number of nitrogens with two attached hydrogens (primary N) is 1. The molecule has 2 unspecified atom stereocenters. The lowest BCUT2D eigenvalue weighted by Gasteiger charge is -2.10. The summed E-state index contributed by atoms with van der Waals surface area (Å²) in [6.45, 7) is 2.27. The van der Waals surface area contributed by atoms with Crippen molar-refractivity contribution in [3.8, 4) is 0 Å². The standard InChI is InChI=1S/C10H16N2O2S2/c1-2-16(14)7-5-12-10(13)9(11)8-4-3-6-15-8/h3-4,6,9H,2,5,7,11H2,1H3,(H,12,13). The van der Waals surface area contributed by atoms with Gasteiger partial charge in [-0.15, -0.1) is 11.3 Å². The van der Waals surface area contributed by atoms with Gasteiger partial charge in [0.1, 0.15) is 6.04 Å². The minimum absolute atomic E-state index is 0.212. The van der Waals surface area contributed by atoms with E-state index < -0.39 is 16.8 Å². The Kier molecular flexibility index (Phi) is 5.65. The number of rotatable bonds is 6. The first-order valence-electron chi connectivity index (χ1n) is 5.06. The van der Waals surface area contributed by atoms with E-state index in [9.17, 15) is 9.00 Å². The van der Waals surface area contributed by atoms with Crippen LogP contribution in [0, 0.1) is 0 Å². The highest BCUT2D eigenvalue weighted by atomic mass is 32.2. The van der Waals surface area contributed by atoms with E-state index in [1.807, 2.05) is 24.4 Å². The summed E-state index contributed by atoms with van der Waals surface area (Å²) in [5, 5.41) is 4.57. The summed E-state index contributed by atoms with van der Waals surface area (Å²) in [6.07, 6.45) is 0. The van der Waals surface area contributed by atoms with Crippen LogP contribution in [0.2, 0.25) is 0 Å². The Morgan fingerprint density at radius 2 is 2.44 bits per heavy atom. The zero-order valence-electron chi connectivity index (χ0n) is 9.14. The summed E-state index contributed by atoms with van der Waals surface area (Å²) in [5.74, 6) is 0.891. The summed E-state index contributed by atoms with van der Waals surface area (Å²) in [5.41, 5.74) is 5.75. The molecule has 4 nitrogen and oxygen atoms in total. The SMILES string of the molecule is CCS(=O)CCNC(=O)C(N)c1cccs1. The third-order valence-electron chi connectivity index (χ3n) is 2.08. The maximum atomic E-state index is 11.6. The van der Waals surface area contributed by atoms with Crippen LogP contribution in [0.5, 0.6) is 0 Å². The average Bonchev–Trinajstić information content (AvgIpc) is 2.81. The van der Waals surface area contributed by atoms with Gasteiger partial charge >= 0.3 is 0 Å². The van der Waals surface area contributed by atoms with Crippen molar-refractivity contribution in [2.75, 3.05) is 18.1 Å². The molecule has 0 fully saturated rings. The van der Waals surface area contributed by atoms with Crippen LogP contribution in [0.1, 0.15) is 17.8 Å². The zero-order valence-corrected chi connectivity index (χ0v) is 10.8. The molecule has 1 aromatic heterocycles. The van der Waals surface area contributed by atoms with Crippen LogP contribution in [-0.2, 0) is 15.6 Å². The number of nitrogens with one attached hydrogen (secondary N) is 1. The van der Waals surface area contributed by atoms with Crippen molar-refractivity contribution < 1.29 is 9.00 Å². The van der Waals surface area contributed by atoms with E-state index in [4.69, 9.17) is 5.73 Å². The number of carbonyl (C=O) groups excluding carboxylic acids is 1. The van der Waals surface area contributed by atoms with Gasteiger partial charge in [-0.2, -0.15) is 0 Å². The predicted molar refractivity (Wildman–Crippen MR) is 67.8 cm³/mol. The lowest BCUT2D eigenvalue weighted by atomic mass is 10.2. The fraction of sp³-hybridized carbons (Fsp3) is 0.500. The van der Waals surface area contributed by atoms with Gasteiger partial charge in [0.25, 0.3) is 0 Å². The van der Waals surface area contributed by atoms with Gasteiger partial charge in [0.05, 0.1) is 0 Å². The monoisotopic (exact) mass is 260 g/mol. The van der Waals surface area contributed by atoms with Crippen LogP contribution in [0.4, 0.5) is 0 Å². The molecule has 3 N–H and O–H groups in total. The molecule has 0 spiro atoms. The Balaban J connectivity index is 2.33. The minimum Gasteiger partial charge on any atom is -0.354 e. The number of carbonyl (C=O) groups is 1. The smallest absolute Gasteiger partial charge is 0.242 e. The van der Waals surface area contributed by atoms with Crippen LogP contribution in [0.25, 0.3) is 0 Å². The first-order chi connectivity index (χ1) is 7.65. The van der Waals surface area contributed by atoms with E-state index in [0.29, 0.717) is 18.1 Å². The minimum atomic E-state index is -0.846. The van der Waals surface area contributed by atoms with Crippen LogP contribution in [0.15, 0.2) is 17.5 Å². The molecule has 90 valence electrons. The molecule has 16 heavy (non-hydrogen) atoms. The maximum absolute atomic E-state index is 11.6. The van der Waals surface area contributed by atoms with Crippen LogP contribution in [-0.4, -0.2) is 28.2 Å². The molecule has 0 saturated carbocycles. The van der Waals surface area contributed by atoms with E-state index in [2.05, 4.69) is 5.32 Å². The Bertz CT molecular complexity index is 352. The van der Waals surface area contributed by atoms with E-state index in [0.717, 1.165) is 4.88 Å². The van der Waals surface area contributed by atoms with E-state index in [1.54, 1.807) is 0 Å². The van der Waals surface area contributed by atoms with E-state index >= 15 is 0 Å². The lowest BCUT2D eigenvalue weighted by Crippen LogP contribution is -2.35. The van der Waals surface area contributed by atoms with Crippen molar-refractivity contribution in [1.82, 2.24) is 5.32 Å². The van der Waals surface area contributed by atoms with Gasteiger partial charge in [0.2, 0.25) is 5.91 Å². The molecule has 1 heterocycles. The summed E-state index contributed by atoms with van der Waals surface area (Å²) >= 11 is 1.46. The van der Waals surface area contributed by atoms with Gasteiger partial charge in [0, 0.05) is 33.7 Å². The molecular formula is C10H16N2O2S2.